The molecule has 0 saturated carbocycles. The van der Waals surface area contributed by atoms with Gasteiger partial charge in [-0.3, -0.25) is 16.0 Å². The zero-order valence-corrected chi connectivity index (χ0v) is 11.0. The molecule has 1 saturated heterocycles. The Kier molecular flexibility index (Phi) is 3.87. The molecule has 2 atom stereocenters. The lowest BCUT2D eigenvalue weighted by atomic mass is 10.1. The number of nitro benzene ring substituents is 1. The van der Waals surface area contributed by atoms with Crippen molar-refractivity contribution < 1.29 is 9.66 Å². The lowest BCUT2D eigenvalue weighted by Crippen LogP contribution is -2.36. The van der Waals surface area contributed by atoms with Gasteiger partial charge in [-0.05, 0) is 19.4 Å². The van der Waals surface area contributed by atoms with E-state index in [0.29, 0.717) is 12.3 Å². The SMILES string of the molecule is CC1OCCC1N(C)c1cc(NN)cc([N+](=O)[O-])c1. The quantitative estimate of drug-likeness (QED) is 0.487. The molecule has 0 amide bonds. The van der Waals surface area contributed by atoms with E-state index in [0.717, 1.165) is 12.1 Å². The number of likely N-dealkylation sites (N-methyl/N-ethyl adjacent to an activating group) is 1. The topological polar surface area (TPSA) is 93.7 Å². The molecule has 0 aliphatic carbocycles. The van der Waals surface area contributed by atoms with E-state index in [-0.39, 0.29) is 17.8 Å². The van der Waals surface area contributed by atoms with Gasteiger partial charge in [0, 0.05) is 31.5 Å². The summed E-state index contributed by atoms with van der Waals surface area (Å²) in [5.41, 5.74) is 3.74. The molecule has 2 unspecified atom stereocenters. The van der Waals surface area contributed by atoms with Gasteiger partial charge in [-0.2, -0.15) is 0 Å². The van der Waals surface area contributed by atoms with E-state index in [9.17, 15) is 10.1 Å². The third-order valence-corrected chi connectivity index (χ3v) is 3.52. The number of ether oxygens (including phenoxy) is 1. The maximum Gasteiger partial charge on any atom is 0.273 e. The normalized spacial score (nSPS) is 22.3. The van der Waals surface area contributed by atoms with Gasteiger partial charge < -0.3 is 15.1 Å². The Labute approximate surface area is 111 Å². The first kappa shape index (κ1) is 13.6. The Morgan fingerprint density at radius 3 is 2.79 bits per heavy atom. The standard InChI is InChI=1S/C12H18N4O3/c1-8-12(3-4-19-8)15(2)10-5-9(14-13)6-11(7-10)16(17)18/h5-8,12,14H,3-4,13H2,1-2H3. The minimum absolute atomic E-state index is 0.0175. The van der Waals surface area contributed by atoms with Crippen molar-refractivity contribution in [3.05, 3.63) is 28.3 Å². The van der Waals surface area contributed by atoms with E-state index in [1.165, 1.54) is 6.07 Å². The molecule has 1 aromatic carbocycles. The molecule has 1 heterocycles. The van der Waals surface area contributed by atoms with Gasteiger partial charge in [-0.1, -0.05) is 0 Å². The van der Waals surface area contributed by atoms with Crippen LogP contribution in [0, 0.1) is 10.1 Å². The molecule has 3 N–H and O–H groups in total. The van der Waals surface area contributed by atoms with Gasteiger partial charge in [0.1, 0.15) is 0 Å². The number of rotatable bonds is 4. The summed E-state index contributed by atoms with van der Waals surface area (Å²) in [7, 11) is 1.91. The number of anilines is 2. The van der Waals surface area contributed by atoms with Crippen LogP contribution in [0.15, 0.2) is 18.2 Å². The minimum Gasteiger partial charge on any atom is -0.376 e. The van der Waals surface area contributed by atoms with Gasteiger partial charge in [-0.15, -0.1) is 0 Å². The Morgan fingerprint density at radius 2 is 2.26 bits per heavy atom. The minimum atomic E-state index is -0.424. The van der Waals surface area contributed by atoms with Crippen LogP contribution in [0.25, 0.3) is 0 Å². The van der Waals surface area contributed by atoms with Gasteiger partial charge in [0.2, 0.25) is 0 Å². The Hall–Kier alpha value is -1.86. The first-order valence-electron chi connectivity index (χ1n) is 6.13. The molecule has 19 heavy (non-hydrogen) atoms. The van der Waals surface area contributed by atoms with E-state index >= 15 is 0 Å². The average Bonchev–Trinajstić information content (AvgIpc) is 2.83. The molecule has 1 aliphatic heterocycles. The van der Waals surface area contributed by atoms with Crippen LogP contribution in [0.3, 0.4) is 0 Å². The Balaban J connectivity index is 2.32. The molecule has 0 aromatic heterocycles. The van der Waals surface area contributed by atoms with E-state index < -0.39 is 4.92 Å². The number of nitro groups is 1. The third-order valence-electron chi connectivity index (χ3n) is 3.52. The molecule has 7 nitrogen and oxygen atoms in total. The number of nitrogens with one attached hydrogen (secondary N) is 1. The predicted octanol–water partition coefficient (Wildman–Crippen LogP) is 1.49. The second-order valence-electron chi connectivity index (χ2n) is 4.68. The Morgan fingerprint density at radius 1 is 1.53 bits per heavy atom. The largest absolute Gasteiger partial charge is 0.376 e. The summed E-state index contributed by atoms with van der Waals surface area (Å²) in [4.78, 5) is 12.5. The van der Waals surface area contributed by atoms with Gasteiger partial charge >= 0.3 is 0 Å². The summed E-state index contributed by atoms with van der Waals surface area (Å²) < 4.78 is 5.53. The van der Waals surface area contributed by atoms with E-state index in [2.05, 4.69) is 5.43 Å². The molecule has 2 rings (SSSR count). The summed E-state index contributed by atoms with van der Waals surface area (Å²) in [6.45, 7) is 2.72. The number of nitrogens with two attached hydrogens (primary N) is 1. The van der Waals surface area contributed by atoms with Crippen LogP contribution >= 0.6 is 0 Å². The molecule has 104 valence electrons. The van der Waals surface area contributed by atoms with E-state index in [4.69, 9.17) is 10.6 Å². The average molecular weight is 266 g/mol. The zero-order chi connectivity index (χ0) is 14.0. The van der Waals surface area contributed by atoms with Crippen molar-refractivity contribution in [1.29, 1.82) is 0 Å². The van der Waals surface area contributed by atoms with Crippen LogP contribution in [0.1, 0.15) is 13.3 Å². The number of non-ortho nitro benzene ring substituents is 1. The molecule has 1 aliphatic rings. The third kappa shape index (κ3) is 2.77. The predicted molar refractivity (Wildman–Crippen MR) is 73.1 cm³/mol. The number of nitrogens with zero attached hydrogens (tertiary/aromatic N) is 2. The van der Waals surface area contributed by atoms with Crippen LogP contribution in [-0.4, -0.2) is 30.7 Å². The summed E-state index contributed by atoms with van der Waals surface area (Å²) in [6.07, 6.45) is 1.02. The first-order chi connectivity index (χ1) is 9.02. The highest BCUT2D eigenvalue weighted by molar-refractivity contribution is 5.64. The van der Waals surface area contributed by atoms with Crippen molar-refractivity contribution in [2.24, 2.45) is 5.84 Å². The second-order valence-corrected chi connectivity index (χ2v) is 4.68. The highest BCUT2D eigenvalue weighted by atomic mass is 16.6. The van der Waals surface area contributed by atoms with Crippen LogP contribution in [0.2, 0.25) is 0 Å². The van der Waals surface area contributed by atoms with Crippen molar-refractivity contribution >= 4 is 17.1 Å². The van der Waals surface area contributed by atoms with E-state index in [1.807, 2.05) is 18.9 Å². The fourth-order valence-electron chi connectivity index (χ4n) is 2.41. The van der Waals surface area contributed by atoms with Crippen molar-refractivity contribution in [3.63, 3.8) is 0 Å². The molecule has 0 bridgehead atoms. The number of hydrazine groups is 1. The van der Waals surface area contributed by atoms with Crippen LogP contribution in [0.5, 0.6) is 0 Å². The fraction of sp³-hybridized carbons (Fsp3) is 0.500. The molecular formula is C12H18N4O3. The summed E-state index contributed by atoms with van der Waals surface area (Å²) >= 11 is 0. The van der Waals surface area contributed by atoms with Crippen LogP contribution in [0.4, 0.5) is 17.1 Å². The molecule has 1 aromatic rings. The van der Waals surface area contributed by atoms with Crippen LogP contribution < -0.4 is 16.2 Å². The second kappa shape index (κ2) is 5.41. The summed E-state index contributed by atoms with van der Waals surface area (Å²) in [6, 6.07) is 4.96. The van der Waals surface area contributed by atoms with Crippen molar-refractivity contribution in [2.75, 3.05) is 24.0 Å². The zero-order valence-electron chi connectivity index (χ0n) is 11.0. The van der Waals surface area contributed by atoms with Crippen molar-refractivity contribution in [2.45, 2.75) is 25.5 Å². The Bertz CT molecular complexity index is 480. The maximum atomic E-state index is 10.9. The van der Waals surface area contributed by atoms with Crippen molar-refractivity contribution in [3.8, 4) is 0 Å². The number of nitrogen functional groups attached to an aromatic ring is 1. The molecule has 7 heteroatoms. The highest BCUT2D eigenvalue weighted by Crippen LogP contribution is 2.30. The molecule has 0 spiro atoms. The summed E-state index contributed by atoms with van der Waals surface area (Å²) in [5, 5.41) is 10.9. The van der Waals surface area contributed by atoms with Crippen LogP contribution in [-0.2, 0) is 4.74 Å². The molecule has 0 radical (unpaired) electrons. The van der Waals surface area contributed by atoms with Gasteiger partial charge in [0.05, 0.1) is 22.8 Å². The van der Waals surface area contributed by atoms with E-state index in [1.54, 1.807) is 12.1 Å². The van der Waals surface area contributed by atoms with Crippen molar-refractivity contribution in [1.82, 2.24) is 0 Å². The number of benzene rings is 1. The number of hydrogen-bond donors (Lipinski definition) is 2. The number of hydrogen-bond acceptors (Lipinski definition) is 6. The monoisotopic (exact) mass is 266 g/mol. The summed E-state index contributed by atoms with van der Waals surface area (Å²) in [5.74, 6) is 5.35. The lowest BCUT2D eigenvalue weighted by molar-refractivity contribution is -0.384. The van der Waals surface area contributed by atoms with Gasteiger partial charge in [0.15, 0.2) is 0 Å². The highest BCUT2D eigenvalue weighted by Gasteiger charge is 2.28. The first-order valence-corrected chi connectivity index (χ1v) is 6.13. The smallest absolute Gasteiger partial charge is 0.273 e. The van der Waals surface area contributed by atoms with Gasteiger partial charge in [-0.25, -0.2) is 0 Å². The fourth-order valence-corrected chi connectivity index (χ4v) is 2.41. The molecular weight excluding hydrogens is 248 g/mol. The maximum absolute atomic E-state index is 10.9. The molecule has 1 fully saturated rings. The lowest BCUT2D eigenvalue weighted by Gasteiger charge is -2.29. The van der Waals surface area contributed by atoms with Gasteiger partial charge in [0.25, 0.3) is 5.69 Å².